The van der Waals surface area contributed by atoms with Crippen LogP contribution < -0.4 is 10.6 Å². The molecule has 0 bridgehead atoms. The molecule has 1 aromatic rings. The molecule has 7 heteroatoms. The lowest BCUT2D eigenvalue weighted by Crippen LogP contribution is -2.49. The molecule has 1 aromatic heterocycles. The lowest BCUT2D eigenvalue weighted by molar-refractivity contribution is 0.0633. The average molecular weight is 309 g/mol. The summed E-state index contributed by atoms with van der Waals surface area (Å²) in [4.78, 5) is 23.9. The van der Waals surface area contributed by atoms with E-state index in [9.17, 15) is 4.79 Å². The van der Waals surface area contributed by atoms with Crippen LogP contribution in [0.2, 0.25) is 0 Å². The zero-order chi connectivity index (χ0) is 15.0. The van der Waals surface area contributed by atoms with Crippen molar-refractivity contribution in [2.75, 3.05) is 50.4 Å². The van der Waals surface area contributed by atoms with Gasteiger partial charge in [-0.2, -0.15) is 0 Å². The first-order chi connectivity index (χ1) is 10.1. The summed E-state index contributed by atoms with van der Waals surface area (Å²) in [5.74, 6) is 0.404. The van der Waals surface area contributed by atoms with E-state index in [4.69, 9.17) is 5.73 Å². The Kier molecular flexibility index (Phi) is 4.03. The second-order valence-electron chi connectivity index (χ2n) is 5.78. The van der Waals surface area contributed by atoms with Crippen molar-refractivity contribution in [3.8, 4) is 0 Å². The van der Waals surface area contributed by atoms with E-state index in [1.165, 1.54) is 24.2 Å². The van der Waals surface area contributed by atoms with E-state index < -0.39 is 0 Å². The Labute approximate surface area is 129 Å². The Bertz CT molecular complexity index is 519. The highest BCUT2D eigenvalue weighted by Gasteiger charge is 2.33. The Balaban J connectivity index is 1.66. The normalized spacial score (nSPS) is 19.8. The second kappa shape index (κ2) is 5.81. The Morgan fingerprint density at radius 2 is 2.05 bits per heavy atom. The zero-order valence-electron chi connectivity index (χ0n) is 12.7. The van der Waals surface area contributed by atoms with Crippen molar-refractivity contribution >= 4 is 28.2 Å². The number of piperazine rings is 1. The number of nitrogens with two attached hydrogens (primary N) is 1. The zero-order valence-corrected chi connectivity index (χ0v) is 13.5. The van der Waals surface area contributed by atoms with Crippen LogP contribution in [-0.4, -0.2) is 66.5 Å². The largest absolute Gasteiger partial charge is 0.382 e. The summed E-state index contributed by atoms with van der Waals surface area (Å²) in [5.41, 5.74) is 5.94. The number of rotatable bonds is 4. The molecule has 1 saturated heterocycles. The summed E-state index contributed by atoms with van der Waals surface area (Å²) in [6.45, 7) is 6.46. The van der Waals surface area contributed by atoms with E-state index in [0.717, 1.165) is 43.9 Å². The molecule has 0 unspecified atom stereocenters. The monoisotopic (exact) mass is 309 g/mol. The predicted octanol–water partition coefficient (Wildman–Crippen LogP) is 1.10. The second-order valence-corrected chi connectivity index (χ2v) is 6.76. The predicted molar refractivity (Wildman–Crippen MR) is 86.0 cm³/mol. The van der Waals surface area contributed by atoms with Crippen molar-refractivity contribution in [1.29, 1.82) is 0 Å². The number of carbonyl (C=O) groups excluding carboxylic acids is 1. The minimum Gasteiger partial charge on any atom is -0.382 e. The van der Waals surface area contributed by atoms with E-state index >= 15 is 0 Å². The highest BCUT2D eigenvalue weighted by Crippen LogP contribution is 2.30. The van der Waals surface area contributed by atoms with Gasteiger partial charge in [0.05, 0.1) is 0 Å². The van der Waals surface area contributed by atoms with Gasteiger partial charge in [0.2, 0.25) is 0 Å². The van der Waals surface area contributed by atoms with E-state index in [-0.39, 0.29) is 5.91 Å². The SMILES string of the molecule is CCN(C)c1nc(N)c(C(=O)N2CCN(C3CC3)CC2)s1. The minimum absolute atomic E-state index is 0.0381. The van der Waals surface area contributed by atoms with Crippen LogP contribution in [0.1, 0.15) is 29.4 Å². The highest BCUT2D eigenvalue weighted by atomic mass is 32.1. The van der Waals surface area contributed by atoms with Crippen LogP contribution in [-0.2, 0) is 0 Å². The van der Waals surface area contributed by atoms with E-state index in [0.29, 0.717) is 10.7 Å². The number of anilines is 2. The molecule has 116 valence electrons. The Hall–Kier alpha value is -1.34. The van der Waals surface area contributed by atoms with Crippen LogP contribution in [0.3, 0.4) is 0 Å². The molecule has 0 radical (unpaired) electrons. The van der Waals surface area contributed by atoms with Crippen LogP contribution in [0.5, 0.6) is 0 Å². The molecule has 3 rings (SSSR count). The number of thiazole rings is 1. The van der Waals surface area contributed by atoms with Gasteiger partial charge in [-0.25, -0.2) is 4.98 Å². The molecule has 1 aliphatic heterocycles. The first-order valence-corrected chi connectivity index (χ1v) is 8.42. The molecule has 0 atom stereocenters. The van der Waals surface area contributed by atoms with E-state index in [1.807, 2.05) is 16.8 Å². The van der Waals surface area contributed by atoms with Gasteiger partial charge < -0.3 is 15.5 Å². The number of amides is 1. The number of nitrogens with zero attached hydrogens (tertiary/aromatic N) is 4. The van der Waals surface area contributed by atoms with E-state index in [2.05, 4.69) is 16.8 Å². The summed E-state index contributed by atoms with van der Waals surface area (Å²) in [7, 11) is 1.96. The van der Waals surface area contributed by atoms with Gasteiger partial charge >= 0.3 is 0 Å². The van der Waals surface area contributed by atoms with Crippen molar-refractivity contribution < 1.29 is 4.79 Å². The van der Waals surface area contributed by atoms with Crippen molar-refractivity contribution in [1.82, 2.24) is 14.8 Å². The summed E-state index contributed by atoms with van der Waals surface area (Å²) in [6, 6.07) is 0.778. The minimum atomic E-state index is 0.0381. The van der Waals surface area contributed by atoms with Gasteiger partial charge in [-0.15, -0.1) is 0 Å². The lowest BCUT2D eigenvalue weighted by Gasteiger charge is -2.34. The molecule has 21 heavy (non-hydrogen) atoms. The van der Waals surface area contributed by atoms with Crippen molar-refractivity contribution in [3.63, 3.8) is 0 Å². The average Bonchev–Trinajstić information content (AvgIpc) is 3.28. The lowest BCUT2D eigenvalue weighted by atomic mass is 10.3. The maximum Gasteiger partial charge on any atom is 0.267 e. The third-order valence-corrected chi connectivity index (χ3v) is 5.48. The standard InChI is InChI=1S/C14H23N5OS/c1-3-17(2)14-16-12(15)11(21-14)13(20)19-8-6-18(7-9-19)10-4-5-10/h10H,3-9,15H2,1-2H3. The van der Waals surface area contributed by atoms with E-state index in [1.54, 1.807) is 0 Å². The van der Waals surface area contributed by atoms with Gasteiger partial charge in [-0.05, 0) is 19.8 Å². The Morgan fingerprint density at radius 1 is 1.38 bits per heavy atom. The number of nitrogen functional groups attached to an aromatic ring is 1. The third kappa shape index (κ3) is 2.98. The quantitative estimate of drug-likeness (QED) is 0.902. The highest BCUT2D eigenvalue weighted by molar-refractivity contribution is 7.18. The molecule has 1 amide bonds. The molecule has 6 nitrogen and oxygen atoms in total. The number of carbonyl (C=O) groups is 1. The maximum absolute atomic E-state index is 12.6. The first kappa shape index (κ1) is 14.6. The van der Waals surface area contributed by atoms with Gasteiger partial charge in [0.1, 0.15) is 10.7 Å². The fourth-order valence-corrected chi connectivity index (χ4v) is 3.62. The molecule has 2 heterocycles. The fraction of sp³-hybridized carbons (Fsp3) is 0.714. The first-order valence-electron chi connectivity index (χ1n) is 7.61. The molecule has 1 aliphatic carbocycles. The fourth-order valence-electron chi connectivity index (χ4n) is 2.65. The summed E-state index contributed by atoms with van der Waals surface area (Å²) >= 11 is 1.40. The van der Waals surface area contributed by atoms with Crippen LogP contribution in [0, 0.1) is 0 Å². The van der Waals surface area contributed by atoms with Crippen molar-refractivity contribution in [3.05, 3.63) is 4.88 Å². The summed E-state index contributed by atoms with van der Waals surface area (Å²) in [5, 5.41) is 0.815. The van der Waals surface area contributed by atoms with Crippen LogP contribution in [0.4, 0.5) is 10.9 Å². The molecule has 2 fully saturated rings. The van der Waals surface area contributed by atoms with Gasteiger partial charge in [0.15, 0.2) is 5.13 Å². The van der Waals surface area contributed by atoms with Crippen LogP contribution in [0.15, 0.2) is 0 Å². The number of hydrogen-bond acceptors (Lipinski definition) is 6. The molecule has 2 N–H and O–H groups in total. The molecule has 0 spiro atoms. The van der Waals surface area contributed by atoms with Crippen LogP contribution in [0.25, 0.3) is 0 Å². The smallest absolute Gasteiger partial charge is 0.267 e. The van der Waals surface area contributed by atoms with Gasteiger partial charge in [0.25, 0.3) is 5.91 Å². The van der Waals surface area contributed by atoms with Gasteiger partial charge in [-0.3, -0.25) is 9.69 Å². The van der Waals surface area contributed by atoms with Crippen molar-refractivity contribution in [2.45, 2.75) is 25.8 Å². The van der Waals surface area contributed by atoms with Gasteiger partial charge in [-0.1, -0.05) is 11.3 Å². The van der Waals surface area contributed by atoms with Gasteiger partial charge in [0, 0.05) is 45.8 Å². The summed E-state index contributed by atoms with van der Waals surface area (Å²) < 4.78 is 0. The van der Waals surface area contributed by atoms with Crippen molar-refractivity contribution in [2.24, 2.45) is 0 Å². The summed E-state index contributed by atoms with van der Waals surface area (Å²) in [6.07, 6.45) is 2.64. The molecule has 1 saturated carbocycles. The van der Waals surface area contributed by atoms with Crippen LogP contribution >= 0.6 is 11.3 Å². The molecule has 0 aromatic carbocycles. The Morgan fingerprint density at radius 3 is 2.62 bits per heavy atom. The maximum atomic E-state index is 12.6. The number of hydrogen-bond donors (Lipinski definition) is 1. The topological polar surface area (TPSA) is 65.7 Å². The number of aromatic nitrogens is 1. The molecule has 2 aliphatic rings. The molecular formula is C14H23N5OS. The third-order valence-electron chi connectivity index (χ3n) is 4.30. The molecular weight excluding hydrogens is 286 g/mol.